The summed E-state index contributed by atoms with van der Waals surface area (Å²) in [6.07, 6.45) is 6.02. The average Bonchev–Trinajstić information content (AvgIpc) is 3.22. The quantitative estimate of drug-likeness (QED) is 0.766. The van der Waals surface area contributed by atoms with Crippen LogP contribution in [0.4, 0.5) is 4.79 Å². The molecule has 4 amide bonds. The van der Waals surface area contributed by atoms with Crippen molar-refractivity contribution < 1.29 is 14.4 Å². The summed E-state index contributed by atoms with van der Waals surface area (Å²) >= 11 is 0. The fraction of sp³-hybridized carbons (Fsp3) is 0.522. The Hall–Kier alpha value is -2.83. The molecule has 1 aromatic carbocycles. The molecule has 0 bridgehead atoms. The maximum Gasteiger partial charge on any atom is 0.328 e. The van der Waals surface area contributed by atoms with Gasteiger partial charge in [0, 0.05) is 23.5 Å². The molecule has 0 unspecified atom stereocenters. The molecule has 3 aliphatic rings. The minimum atomic E-state index is -1.11. The number of nitrogens with zero attached hydrogens (tertiary/aromatic N) is 2. The molecular weight excluding hydrogens is 380 g/mol. The lowest BCUT2D eigenvalue weighted by Crippen LogP contribution is -2.51. The zero-order chi connectivity index (χ0) is 21.0. The van der Waals surface area contributed by atoms with Gasteiger partial charge in [0.15, 0.2) is 5.54 Å². The van der Waals surface area contributed by atoms with Crippen molar-refractivity contribution in [3.8, 4) is 0 Å². The molecule has 2 atom stereocenters. The van der Waals surface area contributed by atoms with Gasteiger partial charge in [-0.05, 0) is 44.7 Å². The van der Waals surface area contributed by atoms with E-state index in [0.29, 0.717) is 13.0 Å². The number of imide groups is 1. The van der Waals surface area contributed by atoms with Gasteiger partial charge in [0.1, 0.15) is 6.04 Å². The highest BCUT2D eigenvalue weighted by Crippen LogP contribution is 2.44. The summed E-state index contributed by atoms with van der Waals surface area (Å²) in [5.41, 5.74) is 1.72. The summed E-state index contributed by atoms with van der Waals surface area (Å²) in [6, 6.07) is 6.90. The van der Waals surface area contributed by atoms with Gasteiger partial charge in [0.25, 0.3) is 5.91 Å². The third-order valence-corrected chi connectivity index (χ3v) is 7.22. The van der Waals surface area contributed by atoms with Crippen molar-refractivity contribution in [2.75, 3.05) is 6.54 Å². The van der Waals surface area contributed by atoms with E-state index in [9.17, 15) is 14.4 Å². The van der Waals surface area contributed by atoms with E-state index in [2.05, 4.69) is 10.3 Å². The summed E-state index contributed by atoms with van der Waals surface area (Å²) in [5, 5.41) is 4.15. The highest BCUT2D eigenvalue weighted by molar-refractivity contribution is 6.10. The number of benzene rings is 1. The van der Waals surface area contributed by atoms with Crippen LogP contribution in [0, 0.1) is 0 Å². The summed E-state index contributed by atoms with van der Waals surface area (Å²) in [5.74, 6) is -0.574. The molecule has 2 aliphatic heterocycles. The maximum absolute atomic E-state index is 13.6. The van der Waals surface area contributed by atoms with Gasteiger partial charge in [0.2, 0.25) is 5.91 Å². The first-order chi connectivity index (χ1) is 14.4. The number of urea groups is 1. The second-order valence-corrected chi connectivity index (χ2v) is 8.98. The molecule has 1 saturated carbocycles. The third-order valence-electron chi connectivity index (χ3n) is 7.22. The fourth-order valence-electron chi connectivity index (χ4n) is 5.45. The number of carbonyl (C=O) groups excluding carboxylic acids is 3. The van der Waals surface area contributed by atoms with E-state index in [0.717, 1.165) is 47.8 Å². The lowest BCUT2D eigenvalue weighted by Gasteiger charge is -2.36. The van der Waals surface area contributed by atoms with Crippen LogP contribution in [0.15, 0.2) is 24.3 Å². The Kier molecular flexibility index (Phi) is 4.38. The minimum absolute atomic E-state index is 0.139. The van der Waals surface area contributed by atoms with Gasteiger partial charge in [-0.25, -0.2) is 9.69 Å². The zero-order valence-corrected chi connectivity index (χ0v) is 17.5. The number of para-hydroxylation sites is 1. The summed E-state index contributed by atoms with van der Waals surface area (Å²) in [7, 11) is 0. The van der Waals surface area contributed by atoms with Crippen molar-refractivity contribution in [3.63, 3.8) is 0 Å². The Balaban J connectivity index is 1.46. The molecule has 1 aromatic heterocycles. The largest absolute Gasteiger partial charge is 0.356 e. The molecule has 30 heavy (non-hydrogen) atoms. The molecule has 2 N–H and O–H groups in total. The lowest BCUT2D eigenvalue weighted by atomic mass is 9.87. The van der Waals surface area contributed by atoms with Gasteiger partial charge in [-0.2, -0.15) is 0 Å². The van der Waals surface area contributed by atoms with E-state index in [1.165, 1.54) is 11.3 Å². The first-order valence-corrected chi connectivity index (χ1v) is 11.0. The fourth-order valence-corrected chi connectivity index (χ4v) is 5.45. The molecule has 158 valence electrons. The number of hydrogen-bond acceptors (Lipinski definition) is 3. The van der Waals surface area contributed by atoms with Crippen LogP contribution >= 0.6 is 0 Å². The predicted octanol–water partition coefficient (Wildman–Crippen LogP) is 3.04. The van der Waals surface area contributed by atoms with Crippen LogP contribution in [0.2, 0.25) is 0 Å². The molecule has 5 rings (SSSR count). The monoisotopic (exact) mass is 408 g/mol. The van der Waals surface area contributed by atoms with Crippen LogP contribution in [-0.2, 0) is 21.5 Å². The molecule has 2 aromatic rings. The van der Waals surface area contributed by atoms with Gasteiger partial charge >= 0.3 is 6.03 Å². The van der Waals surface area contributed by atoms with Crippen molar-refractivity contribution in [2.45, 2.75) is 70.0 Å². The SMILES string of the molecule is C[C@@H](C(=O)NC1CCCCC1)N1C(=O)N2CCc3c([nH]c4ccccc34)[C@@]2(C)C1=O. The van der Waals surface area contributed by atoms with E-state index < -0.39 is 11.6 Å². The van der Waals surface area contributed by atoms with E-state index in [-0.39, 0.29) is 23.9 Å². The van der Waals surface area contributed by atoms with Crippen molar-refractivity contribution in [3.05, 3.63) is 35.5 Å². The molecule has 3 heterocycles. The summed E-state index contributed by atoms with van der Waals surface area (Å²) in [6.45, 7) is 3.91. The first-order valence-electron chi connectivity index (χ1n) is 11.0. The van der Waals surface area contributed by atoms with Crippen molar-refractivity contribution >= 4 is 28.7 Å². The van der Waals surface area contributed by atoms with Crippen LogP contribution in [-0.4, -0.2) is 51.3 Å². The highest BCUT2D eigenvalue weighted by Gasteiger charge is 2.60. The minimum Gasteiger partial charge on any atom is -0.356 e. The number of aromatic amines is 1. The Bertz CT molecular complexity index is 1040. The number of nitrogens with one attached hydrogen (secondary N) is 2. The smallest absolute Gasteiger partial charge is 0.328 e. The molecule has 7 nitrogen and oxygen atoms in total. The van der Waals surface area contributed by atoms with E-state index in [1.54, 1.807) is 18.7 Å². The van der Waals surface area contributed by atoms with Gasteiger partial charge < -0.3 is 15.2 Å². The number of aromatic nitrogens is 1. The molecule has 0 spiro atoms. The first kappa shape index (κ1) is 19.2. The number of hydrogen-bond donors (Lipinski definition) is 2. The van der Waals surface area contributed by atoms with Gasteiger partial charge in [0.05, 0.1) is 5.69 Å². The van der Waals surface area contributed by atoms with E-state index in [4.69, 9.17) is 0 Å². The van der Waals surface area contributed by atoms with Gasteiger partial charge in [-0.1, -0.05) is 37.5 Å². The topological polar surface area (TPSA) is 85.5 Å². The van der Waals surface area contributed by atoms with Gasteiger partial charge in [-0.3, -0.25) is 9.59 Å². The van der Waals surface area contributed by atoms with Crippen LogP contribution in [0.1, 0.15) is 57.2 Å². The summed E-state index contributed by atoms with van der Waals surface area (Å²) < 4.78 is 0. The van der Waals surface area contributed by atoms with Crippen LogP contribution in [0.25, 0.3) is 10.9 Å². The Morgan fingerprint density at radius 2 is 1.93 bits per heavy atom. The Labute approximate surface area is 175 Å². The second kappa shape index (κ2) is 6.86. The normalized spacial score (nSPS) is 25.4. The average molecular weight is 409 g/mol. The zero-order valence-electron chi connectivity index (χ0n) is 17.5. The van der Waals surface area contributed by atoms with Crippen LogP contribution in [0.5, 0.6) is 0 Å². The number of carbonyl (C=O) groups is 3. The Morgan fingerprint density at radius 1 is 1.20 bits per heavy atom. The van der Waals surface area contributed by atoms with Crippen molar-refractivity contribution in [1.82, 2.24) is 20.1 Å². The standard InChI is InChI=1S/C23H28N4O3/c1-14(20(28)24-15-8-4-3-5-9-15)27-21(29)23(2)19-17(12-13-26(23)22(27)30)16-10-6-7-11-18(16)25-19/h6-7,10-11,14-15,25H,3-5,8-9,12-13H2,1-2H3,(H,24,28)/t14-,23-/m0/s1. The number of H-pyrrole nitrogens is 1. The van der Waals surface area contributed by atoms with Crippen molar-refractivity contribution in [2.24, 2.45) is 0 Å². The molecular formula is C23H28N4O3. The number of fused-ring (bicyclic) bond motifs is 5. The van der Waals surface area contributed by atoms with Crippen molar-refractivity contribution in [1.29, 1.82) is 0 Å². The predicted molar refractivity (Wildman–Crippen MR) is 113 cm³/mol. The molecule has 2 fully saturated rings. The van der Waals surface area contributed by atoms with E-state index in [1.807, 2.05) is 24.3 Å². The van der Waals surface area contributed by atoms with Crippen LogP contribution < -0.4 is 5.32 Å². The van der Waals surface area contributed by atoms with E-state index >= 15 is 0 Å². The number of amides is 4. The highest BCUT2D eigenvalue weighted by atomic mass is 16.2. The summed E-state index contributed by atoms with van der Waals surface area (Å²) in [4.78, 5) is 46.0. The lowest BCUT2D eigenvalue weighted by molar-refractivity contribution is -0.139. The maximum atomic E-state index is 13.6. The second-order valence-electron chi connectivity index (χ2n) is 8.98. The Morgan fingerprint density at radius 3 is 2.70 bits per heavy atom. The van der Waals surface area contributed by atoms with Gasteiger partial charge in [-0.15, -0.1) is 0 Å². The van der Waals surface area contributed by atoms with Crippen LogP contribution in [0.3, 0.4) is 0 Å². The molecule has 0 radical (unpaired) electrons. The molecule has 1 saturated heterocycles. The molecule has 1 aliphatic carbocycles. The molecule has 7 heteroatoms. The third kappa shape index (κ3) is 2.60. The number of rotatable bonds is 3.